The van der Waals surface area contributed by atoms with E-state index in [1.807, 2.05) is 11.8 Å². The normalized spacial score (nSPS) is 30.6. The number of hydrogen-bond donors (Lipinski definition) is 1. The van der Waals surface area contributed by atoms with Gasteiger partial charge >= 0.3 is 0 Å². The van der Waals surface area contributed by atoms with E-state index in [0.29, 0.717) is 16.7 Å². The average molecular weight is 216 g/mol. The third-order valence-corrected chi connectivity index (χ3v) is 4.45. The minimum Gasteiger partial charge on any atom is -0.327 e. The van der Waals surface area contributed by atoms with Gasteiger partial charge in [0.15, 0.2) is 0 Å². The number of hydrogen-bond acceptors (Lipinski definition) is 3. The quantitative estimate of drug-likeness (QED) is 0.780. The van der Waals surface area contributed by atoms with E-state index in [1.165, 1.54) is 19.6 Å². The molecule has 0 saturated carbocycles. The van der Waals surface area contributed by atoms with Crippen molar-refractivity contribution in [3.05, 3.63) is 0 Å². The van der Waals surface area contributed by atoms with Crippen LogP contribution in [0.2, 0.25) is 0 Å². The lowest BCUT2D eigenvalue weighted by molar-refractivity contribution is 0.156. The molecule has 2 atom stereocenters. The lowest BCUT2D eigenvalue weighted by Crippen LogP contribution is -2.49. The predicted molar refractivity (Wildman–Crippen MR) is 65.8 cm³/mol. The standard InChI is InChI=1S/C11H24N2S/c1-9-7-13(6-5-10(9)12)8-11(2,3)14-4/h9-10H,5-8,12H2,1-4H3. The lowest BCUT2D eigenvalue weighted by atomic mass is 9.94. The third-order valence-electron chi connectivity index (χ3n) is 3.21. The molecule has 84 valence electrons. The highest BCUT2D eigenvalue weighted by atomic mass is 32.2. The average Bonchev–Trinajstić information content (AvgIpc) is 2.11. The van der Waals surface area contributed by atoms with Gasteiger partial charge in [-0.3, -0.25) is 0 Å². The van der Waals surface area contributed by atoms with Crippen LogP contribution in [0, 0.1) is 5.92 Å². The first-order valence-electron chi connectivity index (χ1n) is 5.48. The smallest absolute Gasteiger partial charge is 0.0227 e. The number of piperidine rings is 1. The summed E-state index contributed by atoms with van der Waals surface area (Å²) in [6.45, 7) is 10.4. The van der Waals surface area contributed by atoms with Crippen LogP contribution in [-0.4, -0.2) is 41.6 Å². The number of likely N-dealkylation sites (tertiary alicyclic amines) is 1. The van der Waals surface area contributed by atoms with Crippen molar-refractivity contribution in [1.29, 1.82) is 0 Å². The molecule has 2 nitrogen and oxygen atoms in total. The zero-order chi connectivity index (χ0) is 10.8. The molecule has 2 N–H and O–H groups in total. The minimum atomic E-state index is 0.376. The number of nitrogens with zero attached hydrogens (tertiary/aromatic N) is 1. The summed E-state index contributed by atoms with van der Waals surface area (Å²) in [5.74, 6) is 0.654. The van der Waals surface area contributed by atoms with Crippen molar-refractivity contribution in [2.24, 2.45) is 11.7 Å². The maximum absolute atomic E-state index is 6.00. The molecular formula is C11H24N2S. The minimum absolute atomic E-state index is 0.376. The fraction of sp³-hybridized carbons (Fsp3) is 1.00. The van der Waals surface area contributed by atoms with Crippen LogP contribution in [0.4, 0.5) is 0 Å². The summed E-state index contributed by atoms with van der Waals surface area (Å²) in [5, 5.41) is 0. The van der Waals surface area contributed by atoms with E-state index in [0.717, 1.165) is 6.42 Å². The molecule has 1 aliphatic rings. The topological polar surface area (TPSA) is 29.3 Å². The zero-order valence-corrected chi connectivity index (χ0v) is 10.7. The summed E-state index contributed by atoms with van der Waals surface area (Å²) in [4.78, 5) is 2.56. The van der Waals surface area contributed by atoms with E-state index >= 15 is 0 Å². The molecule has 0 aromatic heterocycles. The van der Waals surface area contributed by atoms with Gasteiger partial charge in [-0.2, -0.15) is 11.8 Å². The van der Waals surface area contributed by atoms with E-state index < -0.39 is 0 Å². The Morgan fingerprint density at radius 1 is 1.50 bits per heavy atom. The summed E-state index contributed by atoms with van der Waals surface area (Å²) < 4.78 is 0.376. The van der Waals surface area contributed by atoms with E-state index in [2.05, 4.69) is 31.9 Å². The van der Waals surface area contributed by atoms with Crippen molar-refractivity contribution in [2.45, 2.75) is 38.0 Å². The number of rotatable bonds is 3. The van der Waals surface area contributed by atoms with Gasteiger partial charge in [0.05, 0.1) is 0 Å². The molecule has 0 aliphatic carbocycles. The Morgan fingerprint density at radius 3 is 2.64 bits per heavy atom. The summed E-state index contributed by atoms with van der Waals surface area (Å²) in [7, 11) is 0. The monoisotopic (exact) mass is 216 g/mol. The molecule has 1 aliphatic heterocycles. The molecule has 0 amide bonds. The van der Waals surface area contributed by atoms with Gasteiger partial charge in [0, 0.05) is 23.9 Å². The Morgan fingerprint density at radius 2 is 2.14 bits per heavy atom. The molecule has 3 heteroatoms. The van der Waals surface area contributed by atoms with Gasteiger partial charge in [0.1, 0.15) is 0 Å². The number of nitrogens with two attached hydrogens (primary N) is 1. The second kappa shape index (κ2) is 4.86. The van der Waals surface area contributed by atoms with Crippen molar-refractivity contribution in [3.63, 3.8) is 0 Å². The summed E-state index contributed by atoms with van der Waals surface area (Å²) in [5.41, 5.74) is 6.00. The Labute approximate surface area is 92.6 Å². The largest absolute Gasteiger partial charge is 0.327 e. The van der Waals surface area contributed by atoms with Gasteiger partial charge in [-0.1, -0.05) is 6.92 Å². The van der Waals surface area contributed by atoms with E-state index in [4.69, 9.17) is 5.73 Å². The second-order valence-corrected chi connectivity index (χ2v) is 6.64. The molecule has 0 bridgehead atoms. The molecule has 14 heavy (non-hydrogen) atoms. The zero-order valence-electron chi connectivity index (χ0n) is 9.92. The summed E-state index contributed by atoms with van der Waals surface area (Å²) in [6, 6.07) is 0.420. The van der Waals surface area contributed by atoms with Crippen LogP contribution in [0.1, 0.15) is 27.2 Å². The Bertz CT molecular complexity index is 182. The molecule has 1 fully saturated rings. The first-order valence-corrected chi connectivity index (χ1v) is 6.70. The predicted octanol–water partition coefficient (Wildman–Crippen LogP) is 1.80. The maximum Gasteiger partial charge on any atom is 0.0227 e. The second-order valence-electron chi connectivity index (χ2n) is 5.13. The first kappa shape index (κ1) is 12.3. The van der Waals surface area contributed by atoms with Gasteiger partial charge in [-0.15, -0.1) is 0 Å². The van der Waals surface area contributed by atoms with Crippen LogP contribution < -0.4 is 5.73 Å². The molecule has 0 radical (unpaired) electrons. The SMILES string of the molecule is CSC(C)(C)CN1CCC(N)C(C)C1. The van der Waals surface area contributed by atoms with Gasteiger partial charge in [-0.05, 0) is 39.0 Å². The van der Waals surface area contributed by atoms with Crippen LogP contribution in [0.5, 0.6) is 0 Å². The fourth-order valence-corrected chi connectivity index (χ4v) is 2.31. The van der Waals surface area contributed by atoms with E-state index in [1.54, 1.807) is 0 Å². The summed E-state index contributed by atoms with van der Waals surface area (Å²) >= 11 is 1.95. The highest BCUT2D eigenvalue weighted by molar-refractivity contribution is 7.99. The molecular weight excluding hydrogens is 192 g/mol. The van der Waals surface area contributed by atoms with Crippen LogP contribution in [0.3, 0.4) is 0 Å². The van der Waals surface area contributed by atoms with Gasteiger partial charge < -0.3 is 10.6 Å². The maximum atomic E-state index is 6.00. The lowest BCUT2D eigenvalue weighted by Gasteiger charge is -2.39. The highest BCUT2D eigenvalue weighted by Gasteiger charge is 2.27. The van der Waals surface area contributed by atoms with Crippen LogP contribution >= 0.6 is 11.8 Å². The van der Waals surface area contributed by atoms with Crippen LogP contribution in [0.25, 0.3) is 0 Å². The Balaban J connectivity index is 2.40. The fourth-order valence-electron chi connectivity index (χ4n) is 2.00. The first-order chi connectivity index (χ1) is 6.44. The Kier molecular flexibility index (Phi) is 4.29. The van der Waals surface area contributed by atoms with Gasteiger partial charge in [0.25, 0.3) is 0 Å². The molecule has 0 aromatic carbocycles. The number of thioether (sulfide) groups is 1. The van der Waals surface area contributed by atoms with Crippen molar-refractivity contribution in [3.8, 4) is 0 Å². The van der Waals surface area contributed by atoms with Crippen molar-refractivity contribution < 1.29 is 0 Å². The van der Waals surface area contributed by atoms with Gasteiger partial charge in [0.2, 0.25) is 0 Å². The van der Waals surface area contributed by atoms with Crippen LogP contribution in [0.15, 0.2) is 0 Å². The summed E-state index contributed by atoms with van der Waals surface area (Å²) in [6.07, 6.45) is 3.35. The molecule has 1 saturated heterocycles. The van der Waals surface area contributed by atoms with Crippen molar-refractivity contribution >= 4 is 11.8 Å². The van der Waals surface area contributed by atoms with Crippen molar-refractivity contribution in [1.82, 2.24) is 4.90 Å². The molecule has 2 unspecified atom stereocenters. The van der Waals surface area contributed by atoms with Crippen LogP contribution in [-0.2, 0) is 0 Å². The van der Waals surface area contributed by atoms with E-state index in [9.17, 15) is 0 Å². The van der Waals surface area contributed by atoms with E-state index in [-0.39, 0.29) is 0 Å². The molecule has 0 aromatic rings. The molecule has 1 heterocycles. The molecule has 1 rings (SSSR count). The van der Waals surface area contributed by atoms with Crippen molar-refractivity contribution in [2.75, 3.05) is 25.9 Å². The molecule has 0 spiro atoms. The Hall–Kier alpha value is 0.270. The third kappa shape index (κ3) is 3.44. The highest BCUT2D eigenvalue weighted by Crippen LogP contribution is 2.25. The van der Waals surface area contributed by atoms with Gasteiger partial charge in [-0.25, -0.2) is 0 Å².